The first-order chi connectivity index (χ1) is 13.5. The van der Waals surface area contributed by atoms with E-state index in [1.165, 1.54) is 18.4 Å². The Morgan fingerprint density at radius 2 is 2.00 bits per heavy atom. The SMILES string of the molecule is COCOc1ccc(C=Cc2nc3cc(N(C)C(=O)O)ccc3s2)cc1OC. The molecule has 0 spiro atoms. The number of ether oxygens (including phenoxy) is 3. The van der Waals surface area contributed by atoms with E-state index in [1.807, 2.05) is 36.4 Å². The molecule has 0 unspecified atom stereocenters. The molecule has 0 radical (unpaired) electrons. The highest BCUT2D eigenvalue weighted by molar-refractivity contribution is 7.19. The van der Waals surface area contributed by atoms with E-state index < -0.39 is 6.09 Å². The first-order valence-corrected chi connectivity index (χ1v) is 9.18. The molecule has 7 nitrogen and oxygen atoms in total. The van der Waals surface area contributed by atoms with Gasteiger partial charge in [-0.2, -0.15) is 0 Å². The molecule has 1 heterocycles. The number of nitrogens with zero attached hydrogens (tertiary/aromatic N) is 2. The van der Waals surface area contributed by atoms with E-state index in [4.69, 9.17) is 19.3 Å². The zero-order valence-electron chi connectivity index (χ0n) is 15.7. The molecular formula is C20H20N2O5S. The minimum absolute atomic E-state index is 0.149. The first kappa shape index (κ1) is 19.7. The van der Waals surface area contributed by atoms with Gasteiger partial charge in [0.2, 0.25) is 0 Å². The maximum absolute atomic E-state index is 11.1. The third-order valence-electron chi connectivity index (χ3n) is 4.00. The highest BCUT2D eigenvalue weighted by atomic mass is 32.1. The van der Waals surface area contributed by atoms with Crippen molar-refractivity contribution in [3.8, 4) is 11.5 Å². The van der Waals surface area contributed by atoms with Gasteiger partial charge in [0.05, 0.1) is 17.3 Å². The Hall–Kier alpha value is -3.10. The molecule has 1 N–H and O–H groups in total. The second-order valence-corrected chi connectivity index (χ2v) is 6.90. The van der Waals surface area contributed by atoms with Crippen LogP contribution in [0, 0.1) is 0 Å². The minimum Gasteiger partial charge on any atom is -0.493 e. The Kier molecular flexibility index (Phi) is 6.13. The van der Waals surface area contributed by atoms with Crippen molar-refractivity contribution in [2.45, 2.75) is 0 Å². The van der Waals surface area contributed by atoms with Crippen LogP contribution >= 0.6 is 11.3 Å². The molecule has 2 aromatic carbocycles. The van der Waals surface area contributed by atoms with Crippen molar-refractivity contribution in [2.24, 2.45) is 0 Å². The number of anilines is 1. The predicted molar refractivity (Wildman–Crippen MR) is 110 cm³/mol. The minimum atomic E-state index is -1.01. The molecule has 0 atom stereocenters. The molecular weight excluding hydrogens is 380 g/mol. The van der Waals surface area contributed by atoms with E-state index in [2.05, 4.69) is 4.98 Å². The lowest BCUT2D eigenvalue weighted by Crippen LogP contribution is -2.23. The van der Waals surface area contributed by atoms with Gasteiger partial charge in [-0.05, 0) is 42.0 Å². The Labute approximate surface area is 166 Å². The largest absolute Gasteiger partial charge is 0.493 e. The standard InChI is InChI=1S/C20H20N2O5S/c1-22(20(23)24)14-6-8-18-15(11-14)21-19(28-18)9-5-13-4-7-16(27-12-25-2)17(10-13)26-3/h4-11H,12H2,1-3H3,(H,23,24). The van der Waals surface area contributed by atoms with E-state index in [1.54, 1.807) is 26.4 Å². The van der Waals surface area contributed by atoms with E-state index >= 15 is 0 Å². The molecule has 0 saturated heterocycles. The van der Waals surface area contributed by atoms with Crippen LogP contribution in [0.5, 0.6) is 11.5 Å². The second kappa shape index (κ2) is 8.73. The number of carbonyl (C=O) groups is 1. The van der Waals surface area contributed by atoms with Crippen LogP contribution in [0.4, 0.5) is 10.5 Å². The topological polar surface area (TPSA) is 81.1 Å². The normalized spacial score (nSPS) is 11.1. The van der Waals surface area contributed by atoms with Crippen molar-refractivity contribution in [1.82, 2.24) is 4.98 Å². The molecule has 0 bridgehead atoms. The number of thiazole rings is 1. The Morgan fingerprint density at radius 3 is 2.71 bits per heavy atom. The van der Waals surface area contributed by atoms with Gasteiger partial charge in [-0.1, -0.05) is 12.1 Å². The Bertz CT molecular complexity index is 1010. The number of hydrogen-bond acceptors (Lipinski definition) is 6. The molecule has 1 amide bonds. The molecule has 3 aromatic rings. The van der Waals surface area contributed by atoms with Gasteiger partial charge in [-0.3, -0.25) is 4.90 Å². The van der Waals surface area contributed by atoms with E-state index in [0.29, 0.717) is 17.2 Å². The monoisotopic (exact) mass is 400 g/mol. The van der Waals surface area contributed by atoms with Gasteiger partial charge in [0.15, 0.2) is 18.3 Å². The number of amides is 1. The third kappa shape index (κ3) is 4.41. The number of methoxy groups -OCH3 is 2. The summed E-state index contributed by atoms with van der Waals surface area (Å²) in [5.74, 6) is 1.22. The Morgan fingerprint density at radius 1 is 1.18 bits per heavy atom. The van der Waals surface area contributed by atoms with Gasteiger partial charge < -0.3 is 19.3 Å². The summed E-state index contributed by atoms with van der Waals surface area (Å²) in [6.07, 6.45) is 2.84. The summed E-state index contributed by atoms with van der Waals surface area (Å²) in [6.45, 7) is 0.149. The van der Waals surface area contributed by atoms with Crippen molar-refractivity contribution < 1.29 is 24.1 Å². The lowest BCUT2D eigenvalue weighted by Gasteiger charge is -2.12. The molecule has 3 rings (SSSR count). The van der Waals surface area contributed by atoms with E-state index in [-0.39, 0.29) is 6.79 Å². The summed E-state index contributed by atoms with van der Waals surface area (Å²) in [5, 5.41) is 9.93. The lowest BCUT2D eigenvalue weighted by molar-refractivity contribution is 0.0491. The smallest absolute Gasteiger partial charge is 0.411 e. The van der Waals surface area contributed by atoms with Crippen LogP contribution in [0.2, 0.25) is 0 Å². The molecule has 1 aromatic heterocycles. The number of benzene rings is 2. The molecule has 0 saturated carbocycles. The first-order valence-electron chi connectivity index (χ1n) is 8.37. The summed E-state index contributed by atoms with van der Waals surface area (Å²) < 4.78 is 16.7. The van der Waals surface area contributed by atoms with Gasteiger partial charge in [-0.15, -0.1) is 11.3 Å². The quantitative estimate of drug-likeness (QED) is 0.585. The summed E-state index contributed by atoms with van der Waals surface area (Å²) in [6, 6.07) is 11.0. The van der Waals surface area contributed by atoms with Crippen molar-refractivity contribution in [3.05, 3.63) is 47.0 Å². The zero-order chi connectivity index (χ0) is 20.1. The van der Waals surface area contributed by atoms with Crippen LogP contribution in [0.25, 0.3) is 22.4 Å². The molecule has 8 heteroatoms. The fourth-order valence-electron chi connectivity index (χ4n) is 2.52. The number of rotatable bonds is 7. The van der Waals surface area contributed by atoms with Crippen molar-refractivity contribution in [3.63, 3.8) is 0 Å². The van der Waals surface area contributed by atoms with Crippen LogP contribution in [0.15, 0.2) is 36.4 Å². The highest BCUT2D eigenvalue weighted by Crippen LogP contribution is 2.30. The van der Waals surface area contributed by atoms with Crippen LogP contribution in [0.3, 0.4) is 0 Å². The molecule has 0 aliphatic carbocycles. The summed E-state index contributed by atoms with van der Waals surface area (Å²) in [7, 11) is 4.65. The second-order valence-electron chi connectivity index (χ2n) is 5.84. The Balaban J connectivity index is 1.82. The van der Waals surface area contributed by atoms with E-state index in [9.17, 15) is 4.79 Å². The summed E-state index contributed by atoms with van der Waals surface area (Å²) in [4.78, 5) is 16.8. The molecule has 146 valence electrons. The average molecular weight is 400 g/mol. The van der Waals surface area contributed by atoms with Crippen LogP contribution < -0.4 is 14.4 Å². The fourth-order valence-corrected chi connectivity index (χ4v) is 3.37. The molecule has 0 fully saturated rings. The fraction of sp³-hybridized carbons (Fsp3) is 0.200. The van der Waals surface area contributed by atoms with Crippen LogP contribution in [-0.4, -0.2) is 44.2 Å². The number of aromatic nitrogens is 1. The van der Waals surface area contributed by atoms with Gasteiger partial charge >= 0.3 is 6.09 Å². The lowest BCUT2D eigenvalue weighted by atomic mass is 10.2. The maximum atomic E-state index is 11.1. The van der Waals surface area contributed by atoms with Gasteiger partial charge in [-0.25, -0.2) is 9.78 Å². The predicted octanol–water partition coefficient (Wildman–Crippen LogP) is 4.57. The third-order valence-corrected chi connectivity index (χ3v) is 5.00. The number of fused-ring (bicyclic) bond motifs is 1. The van der Waals surface area contributed by atoms with Gasteiger partial charge in [0, 0.05) is 19.8 Å². The highest BCUT2D eigenvalue weighted by Gasteiger charge is 2.10. The van der Waals surface area contributed by atoms with Crippen molar-refractivity contribution in [2.75, 3.05) is 33.0 Å². The molecule has 28 heavy (non-hydrogen) atoms. The van der Waals surface area contributed by atoms with Crippen LogP contribution in [-0.2, 0) is 4.74 Å². The zero-order valence-corrected chi connectivity index (χ0v) is 16.5. The van der Waals surface area contributed by atoms with Crippen LogP contribution in [0.1, 0.15) is 10.6 Å². The average Bonchev–Trinajstić information content (AvgIpc) is 3.12. The molecule has 0 aliphatic rings. The summed E-state index contributed by atoms with van der Waals surface area (Å²) >= 11 is 1.53. The van der Waals surface area contributed by atoms with Gasteiger partial charge in [0.25, 0.3) is 0 Å². The number of carboxylic acid groups (broad SMARTS) is 1. The number of hydrogen-bond donors (Lipinski definition) is 1. The maximum Gasteiger partial charge on any atom is 0.411 e. The van der Waals surface area contributed by atoms with E-state index in [0.717, 1.165) is 25.7 Å². The van der Waals surface area contributed by atoms with Crippen molar-refractivity contribution in [1.29, 1.82) is 0 Å². The van der Waals surface area contributed by atoms with Gasteiger partial charge in [0.1, 0.15) is 5.01 Å². The summed E-state index contributed by atoms with van der Waals surface area (Å²) in [5.41, 5.74) is 2.28. The van der Waals surface area contributed by atoms with Crippen molar-refractivity contribution >= 4 is 45.5 Å². The molecule has 0 aliphatic heterocycles.